The van der Waals surface area contributed by atoms with E-state index in [-0.39, 0.29) is 0 Å². The Bertz CT molecular complexity index is 785. The van der Waals surface area contributed by atoms with Gasteiger partial charge in [0.2, 0.25) is 0 Å². The molecule has 0 aliphatic heterocycles. The maximum absolute atomic E-state index is 3.57. The van der Waals surface area contributed by atoms with Crippen LogP contribution < -0.4 is 5.32 Å². The Kier molecular flexibility index (Phi) is 6.62. The van der Waals surface area contributed by atoms with Gasteiger partial charge in [-0.2, -0.15) is 0 Å². The molecule has 0 aromatic heterocycles. The number of anilines is 1. The molecule has 3 aromatic carbocycles. The second kappa shape index (κ2) is 8.93. The predicted molar refractivity (Wildman–Crippen MR) is 108 cm³/mol. The summed E-state index contributed by atoms with van der Waals surface area (Å²) < 4.78 is 0. The lowest BCUT2D eigenvalue weighted by Gasteiger charge is -2.06. The van der Waals surface area contributed by atoms with Crippen molar-refractivity contribution in [1.29, 1.82) is 0 Å². The number of hydrogen-bond acceptors (Lipinski definition) is 1. The van der Waals surface area contributed by atoms with E-state index in [2.05, 4.69) is 81.2 Å². The first-order valence-corrected chi connectivity index (χ1v) is 8.56. The van der Waals surface area contributed by atoms with Gasteiger partial charge in [-0.15, -0.1) is 0 Å². The van der Waals surface area contributed by atoms with Gasteiger partial charge in [-0.25, -0.2) is 0 Å². The summed E-state index contributed by atoms with van der Waals surface area (Å²) in [6, 6.07) is 21.4. The molecule has 0 aliphatic rings. The number of fused-ring (bicyclic) bond motifs is 1. The van der Waals surface area contributed by atoms with Crippen molar-refractivity contribution in [2.75, 3.05) is 5.32 Å². The molecule has 3 rings (SSSR count). The van der Waals surface area contributed by atoms with Crippen LogP contribution in [0.1, 0.15) is 30.0 Å². The van der Waals surface area contributed by atoms with Crippen molar-refractivity contribution in [2.45, 2.75) is 33.6 Å². The largest absolute Gasteiger partial charge is 0.362 e. The van der Waals surface area contributed by atoms with Gasteiger partial charge in [0.15, 0.2) is 0 Å². The zero-order valence-corrected chi connectivity index (χ0v) is 15.0. The van der Waals surface area contributed by atoms with Crippen LogP contribution in [0, 0.1) is 13.8 Å². The normalized spacial score (nSPS) is 9.96. The number of benzene rings is 3. The van der Waals surface area contributed by atoms with Gasteiger partial charge < -0.3 is 5.32 Å². The molecular weight excluding hydrogens is 290 g/mol. The monoisotopic (exact) mass is 317 g/mol. The molecule has 0 radical (unpaired) electrons. The Morgan fingerprint density at radius 1 is 0.917 bits per heavy atom. The van der Waals surface area contributed by atoms with Crippen molar-refractivity contribution in [3.05, 3.63) is 90.1 Å². The SMILES string of the molecule is C=CNc1ccc(C)cc1.CCCc1cc2ccccc2cc1C. The van der Waals surface area contributed by atoms with Crippen molar-refractivity contribution in [3.63, 3.8) is 0 Å². The summed E-state index contributed by atoms with van der Waals surface area (Å²) in [5, 5.41) is 5.71. The summed E-state index contributed by atoms with van der Waals surface area (Å²) >= 11 is 0. The van der Waals surface area contributed by atoms with E-state index in [9.17, 15) is 0 Å². The molecule has 0 saturated heterocycles. The summed E-state index contributed by atoms with van der Waals surface area (Å²) in [7, 11) is 0. The molecule has 1 N–H and O–H groups in total. The molecule has 0 fully saturated rings. The van der Waals surface area contributed by atoms with Crippen molar-refractivity contribution in [1.82, 2.24) is 0 Å². The van der Waals surface area contributed by atoms with Crippen LogP contribution in [-0.4, -0.2) is 0 Å². The van der Waals surface area contributed by atoms with Gasteiger partial charge in [0.25, 0.3) is 0 Å². The Morgan fingerprint density at radius 2 is 1.54 bits per heavy atom. The van der Waals surface area contributed by atoms with Crippen LogP contribution in [0.2, 0.25) is 0 Å². The highest BCUT2D eigenvalue weighted by Gasteiger charge is 1.99. The molecule has 0 saturated carbocycles. The Morgan fingerprint density at radius 3 is 2.12 bits per heavy atom. The van der Waals surface area contributed by atoms with E-state index in [0.29, 0.717) is 0 Å². The topological polar surface area (TPSA) is 12.0 Å². The van der Waals surface area contributed by atoms with Crippen LogP contribution in [0.25, 0.3) is 10.8 Å². The molecule has 24 heavy (non-hydrogen) atoms. The molecule has 0 unspecified atom stereocenters. The summed E-state index contributed by atoms with van der Waals surface area (Å²) in [6.45, 7) is 10.1. The van der Waals surface area contributed by atoms with Crippen LogP contribution in [0.4, 0.5) is 5.69 Å². The van der Waals surface area contributed by atoms with E-state index in [1.165, 1.54) is 40.3 Å². The smallest absolute Gasteiger partial charge is 0.0379 e. The van der Waals surface area contributed by atoms with Crippen LogP contribution in [0.3, 0.4) is 0 Å². The summed E-state index contributed by atoms with van der Waals surface area (Å²) in [6.07, 6.45) is 4.08. The van der Waals surface area contributed by atoms with Gasteiger partial charge in [-0.3, -0.25) is 0 Å². The second-order valence-corrected chi connectivity index (χ2v) is 6.09. The zero-order chi connectivity index (χ0) is 17.4. The first-order chi connectivity index (χ1) is 11.6. The molecule has 0 aliphatic carbocycles. The van der Waals surface area contributed by atoms with E-state index in [0.717, 1.165) is 5.69 Å². The predicted octanol–water partition coefficient (Wildman–Crippen LogP) is 6.65. The van der Waals surface area contributed by atoms with Gasteiger partial charge in [0.1, 0.15) is 0 Å². The number of aryl methyl sites for hydroxylation is 3. The molecule has 0 heterocycles. The first kappa shape index (κ1) is 17.8. The third-order valence-electron chi connectivity index (χ3n) is 4.04. The number of hydrogen-bond donors (Lipinski definition) is 1. The van der Waals surface area contributed by atoms with E-state index < -0.39 is 0 Å². The van der Waals surface area contributed by atoms with Crippen LogP contribution in [0.5, 0.6) is 0 Å². The molecule has 124 valence electrons. The average molecular weight is 317 g/mol. The molecule has 0 spiro atoms. The van der Waals surface area contributed by atoms with E-state index in [4.69, 9.17) is 0 Å². The minimum Gasteiger partial charge on any atom is -0.362 e. The fourth-order valence-electron chi connectivity index (χ4n) is 2.71. The highest BCUT2D eigenvalue weighted by atomic mass is 14.8. The Labute approximate surface area is 146 Å². The third-order valence-corrected chi connectivity index (χ3v) is 4.04. The van der Waals surface area contributed by atoms with Crippen molar-refractivity contribution in [2.24, 2.45) is 0 Å². The summed E-state index contributed by atoms with van der Waals surface area (Å²) in [5.74, 6) is 0. The molecule has 3 aromatic rings. The summed E-state index contributed by atoms with van der Waals surface area (Å²) in [5.41, 5.74) is 5.27. The lowest BCUT2D eigenvalue weighted by Crippen LogP contribution is -1.88. The highest BCUT2D eigenvalue weighted by molar-refractivity contribution is 5.84. The quantitative estimate of drug-likeness (QED) is 0.568. The fraction of sp³-hybridized carbons (Fsp3) is 0.217. The molecule has 0 atom stereocenters. The lowest BCUT2D eigenvalue weighted by atomic mass is 9.99. The van der Waals surface area contributed by atoms with Gasteiger partial charge in [-0.1, -0.05) is 74.0 Å². The van der Waals surface area contributed by atoms with Gasteiger partial charge >= 0.3 is 0 Å². The molecule has 1 nitrogen and oxygen atoms in total. The minimum absolute atomic E-state index is 1.08. The lowest BCUT2D eigenvalue weighted by molar-refractivity contribution is 0.915. The average Bonchev–Trinajstić information content (AvgIpc) is 2.59. The maximum Gasteiger partial charge on any atom is 0.0379 e. The van der Waals surface area contributed by atoms with Gasteiger partial charge in [-0.05, 0) is 60.5 Å². The number of nitrogens with one attached hydrogen (secondary N) is 1. The maximum atomic E-state index is 3.57. The van der Waals surface area contributed by atoms with E-state index >= 15 is 0 Å². The third kappa shape index (κ3) is 4.99. The van der Waals surface area contributed by atoms with E-state index in [1.54, 1.807) is 6.20 Å². The molecule has 1 heteroatoms. The van der Waals surface area contributed by atoms with Crippen molar-refractivity contribution in [3.8, 4) is 0 Å². The van der Waals surface area contributed by atoms with Crippen LogP contribution in [-0.2, 0) is 6.42 Å². The second-order valence-electron chi connectivity index (χ2n) is 6.09. The Balaban J connectivity index is 0.000000185. The zero-order valence-electron chi connectivity index (χ0n) is 15.0. The molecular formula is C23H27N. The fourth-order valence-corrected chi connectivity index (χ4v) is 2.71. The van der Waals surface area contributed by atoms with Gasteiger partial charge in [0, 0.05) is 5.69 Å². The minimum atomic E-state index is 1.08. The van der Waals surface area contributed by atoms with Crippen molar-refractivity contribution >= 4 is 16.5 Å². The highest BCUT2D eigenvalue weighted by Crippen LogP contribution is 2.20. The van der Waals surface area contributed by atoms with Crippen molar-refractivity contribution < 1.29 is 0 Å². The number of rotatable bonds is 4. The van der Waals surface area contributed by atoms with Crippen LogP contribution in [0.15, 0.2) is 73.4 Å². The summed E-state index contributed by atoms with van der Waals surface area (Å²) in [4.78, 5) is 0. The van der Waals surface area contributed by atoms with E-state index in [1.807, 2.05) is 12.1 Å². The Hall–Kier alpha value is -2.54. The first-order valence-electron chi connectivity index (χ1n) is 8.56. The standard InChI is InChI=1S/C14H16.C9H11N/c1-3-6-12-10-14-8-5-4-7-13(14)9-11(12)2;1-3-10-9-6-4-8(2)5-7-9/h4-5,7-10H,3,6H2,1-2H3;3-7,10H,1H2,2H3. The van der Waals surface area contributed by atoms with Crippen LogP contribution >= 0.6 is 0 Å². The molecule has 0 amide bonds. The molecule has 0 bridgehead atoms. The van der Waals surface area contributed by atoms with Gasteiger partial charge in [0.05, 0.1) is 0 Å².